The van der Waals surface area contributed by atoms with Crippen LogP contribution in [-0.2, 0) is 9.53 Å². The molecule has 33 heavy (non-hydrogen) atoms. The molecule has 1 aromatic heterocycles. The Morgan fingerprint density at radius 3 is 2.15 bits per heavy atom. The van der Waals surface area contributed by atoms with E-state index in [1.165, 1.54) is 0 Å². The van der Waals surface area contributed by atoms with Crippen LogP contribution in [0.25, 0.3) is 33.4 Å². The number of aromatic nitrogens is 2. The number of carbonyl (C=O) groups excluding carboxylic acids is 1. The maximum Gasteiger partial charge on any atom is 0.247 e. The van der Waals surface area contributed by atoms with E-state index in [-0.39, 0.29) is 0 Å². The summed E-state index contributed by atoms with van der Waals surface area (Å²) in [6.07, 6.45) is -5.11. The Bertz CT molecular complexity index is 1320. The molecule has 0 aliphatic carbocycles. The molecule has 5 rings (SSSR count). The van der Waals surface area contributed by atoms with Crippen molar-refractivity contribution in [1.29, 1.82) is 0 Å². The summed E-state index contributed by atoms with van der Waals surface area (Å²) in [5.41, 5.74) is 3.34. The molecule has 0 bridgehead atoms. The molecular formula is C25H22N2O6. The third kappa shape index (κ3) is 3.94. The molecule has 1 aliphatic rings. The third-order valence-electron chi connectivity index (χ3n) is 5.91. The van der Waals surface area contributed by atoms with Crippen molar-refractivity contribution in [2.75, 3.05) is 6.61 Å². The van der Waals surface area contributed by atoms with Gasteiger partial charge in [-0.2, -0.15) is 0 Å². The molecule has 1 aliphatic heterocycles. The summed E-state index contributed by atoms with van der Waals surface area (Å²) in [6.45, 7) is 1.26. The Kier molecular flexibility index (Phi) is 5.51. The van der Waals surface area contributed by atoms with Gasteiger partial charge < -0.3 is 24.5 Å². The lowest BCUT2D eigenvalue weighted by atomic mass is 9.91. The molecule has 2 heterocycles. The highest BCUT2D eigenvalue weighted by Gasteiger charge is 2.43. The number of nitrogens with zero attached hydrogens (tertiary/aromatic N) is 2. The largest absolute Gasteiger partial charge is 0.421 e. The predicted molar refractivity (Wildman–Crippen MR) is 119 cm³/mol. The SMILES string of the molecule is Cc1nnc(-c2ccc3cc(-c4ccc(C5OC(CO)C(O)C(O)C5=O)cc4)ccc3c2)o1. The van der Waals surface area contributed by atoms with Crippen LogP contribution in [0.2, 0.25) is 0 Å². The second-order valence-electron chi connectivity index (χ2n) is 8.10. The summed E-state index contributed by atoms with van der Waals surface area (Å²) < 4.78 is 11.0. The van der Waals surface area contributed by atoms with E-state index in [9.17, 15) is 20.1 Å². The smallest absolute Gasteiger partial charge is 0.247 e. The Hall–Kier alpha value is -3.43. The Balaban J connectivity index is 1.40. The third-order valence-corrected chi connectivity index (χ3v) is 5.91. The lowest BCUT2D eigenvalue weighted by molar-refractivity contribution is -0.189. The molecule has 4 unspecified atom stereocenters. The van der Waals surface area contributed by atoms with Crippen LogP contribution in [-0.4, -0.2) is 56.2 Å². The topological polar surface area (TPSA) is 126 Å². The summed E-state index contributed by atoms with van der Waals surface area (Å²) in [4.78, 5) is 12.4. The number of ketones is 1. The molecule has 8 nitrogen and oxygen atoms in total. The van der Waals surface area contributed by atoms with E-state index in [4.69, 9.17) is 9.15 Å². The van der Waals surface area contributed by atoms with E-state index in [0.717, 1.165) is 27.5 Å². The molecule has 0 radical (unpaired) electrons. The Labute approximate surface area is 189 Å². The van der Waals surface area contributed by atoms with Crippen molar-refractivity contribution in [3.05, 3.63) is 72.1 Å². The van der Waals surface area contributed by atoms with Crippen LogP contribution >= 0.6 is 0 Å². The molecule has 0 amide bonds. The van der Waals surface area contributed by atoms with Crippen molar-refractivity contribution >= 4 is 16.6 Å². The first-order valence-electron chi connectivity index (χ1n) is 10.6. The van der Waals surface area contributed by atoms with Crippen LogP contribution in [0, 0.1) is 6.92 Å². The van der Waals surface area contributed by atoms with Crippen molar-refractivity contribution in [2.45, 2.75) is 31.3 Å². The molecule has 1 fully saturated rings. The number of Topliss-reactive ketones (excluding diaryl/α,β-unsaturated/α-hetero) is 1. The van der Waals surface area contributed by atoms with Crippen LogP contribution in [0.4, 0.5) is 0 Å². The Morgan fingerprint density at radius 2 is 1.52 bits per heavy atom. The van der Waals surface area contributed by atoms with Crippen LogP contribution in [0.15, 0.2) is 65.1 Å². The van der Waals surface area contributed by atoms with E-state index in [2.05, 4.69) is 16.3 Å². The van der Waals surface area contributed by atoms with Gasteiger partial charge >= 0.3 is 0 Å². The average Bonchev–Trinajstić information content (AvgIpc) is 3.28. The van der Waals surface area contributed by atoms with Gasteiger partial charge in [-0.1, -0.05) is 42.5 Å². The molecule has 3 N–H and O–H groups in total. The molecule has 3 aromatic carbocycles. The molecule has 8 heteroatoms. The number of hydrogen-bond donors (Lipinski definition) is 3. The summed E-state index contributed by atoms with van der Waals surface area (Å²) in [5.74, 6) is 0.370. The van der Waals surface area contributed by atoms with E-state index in [0.29, 0.717) is 17.3 Å². The minimum atomic E-state index is -1.60. The van der Waals surface area contributed by atoms with Gasteiger partial charge in [0.05, 0.1) is 6.61 Å². The molecular weight excluding hydrogens is 424 g/mol. The van der Waals surface area contributed by atoms with Crippen LogP contribution in [0.1, 0.15) is 17.6 Å². The van der Waals surface area contributed by atoms with Gasteiger partial charge in [-0.05, 0) is 45.7 Å². The monoisotopic (exact) mass is 446 g/mol. The van der Waals surface area contributed by atoms with Gasteiger partial charge in [0.25, 0.3) is 0 Å². The predicted octanol–water partition coefficient (Wildman–Crippen LogP) is 2.59. The zero-order valence-electron chi connectivity index (χ0n) is 17.8. The number of hydrogen-bond acceptors (Lipinski definition) is 8. The first-order valence-corrected chi connectivity index (χ1v) is 10.6. The molecule has 4 atom stereocenters. The standard InChI is InChI=1S/C25H22N2O6/c1-13-26-27-25(32-13)19-9-8-17-10-16(6-7-18(17)11-19)14-2-4-15(5-3-14)24-23(31)22(30)21(29)20(12-28)33-24/h2-11,20-22,24,28-30H,12H2,1H3. The molecule has 4 aromatic rings. The first kappa shape index (κ1) is 21.4. The second kappa shape index (κ2) is 8.49. The van der Waals surface area contributed by atoms with E-state index >= 15 is 0 Å². The number of benzene rings is 3. The number of carbonyl (C=O) groups is 1. The molecule has 168 valence electrons. The minimum absolute atomic E-state index is 0.481. The lowest BCUT2D eigenvalue weighted by Crippen LogP contribution is -2.53. The molecule has 0 spiro atoms. The maximum atomic E-state index is 12.4. The minimum Gasteiger partial charge on any atom is -0.421 e. The number of rotatable bonds is 4. The van der Waals surface area contributed by atoms with Gasteiger partial charge in [0.1, 0.15) is 24.4 Å². The quantitative estimate of drug-likeness (QED) is 0.437. The van der Waals surface area contributed by atoms with Crippen molar-refractivity contribution in [3.63, 3.8) is 0 Å². The summed E-state index contributed by atoms with van der Waals surface area (Å²) in [5, 5.41) is 39.3. The summed E-state index contributed by atoms with van der Waals surface area (Å²) in [6, 6.07) is 19.3. The number of aliphatic hydroxyl groups excluding tert-OH is 3. The first-order chi connectivity index (χ1) is 15.9. The number of aliphatic hydroxyl groups is 3. The van der Waals surface area contributed by atoms with Crippen molar-refractivity contribution in [1.82, 2.24) is 10.2 Å². The van der Waals surface area contributed by atoms with Gasteiger partial charge in [0.15, 0.2) is 5.78 Å². The number of fused-ring (bicyclic) bond motifs is 1. The number of aryl methyl sites for hydroxylation is 1. The maximum absolute atomic E-state index is 12.4. The normalized spacial score (nSPS) is 23.2. The van der Waals surface area contributed by atoms with Crippen molar-refractivity contribution < 1.29 is 29.3 Å². The van der Waals surface area contributed by atoms with Gasteiger partial charge in [0, 0.05) is 12.5 Å². The zero-order chi connectivity index (χ0) is 23.1. The van der Waals surface area contributed by atoms with E-state index < -0.39 is 36.8 Å². The zero-order valence-corrected chi connectivity index (χ0v) is 17.8. The van der Waals surface area contributed by atoms with Gasteiger partial charge in [-0.25, -0.2) is 0 Å². The van der Waals surface area contributed by atoms with Crippen molar-refractivity contribution in [3.8, 4) is 22.6 Å². The van der Waals surface area contributed by atoms with Crippen molar-refractivity contribution in [2.24, 2.45) is 0 Å². The van der Waals surface area contributed by atoms with Crippen LogP contribution < -0.4 is 0 Å². The lowest BCUT2D eigenvalue weighted by Gasteiger charge is -2.35. The summed E-state index contributed by atoms with van der Waals surface area (Å²) in [7, 11) is 0. The van der Waals surface area contributed by atoms with E-state index in [1.807, 2.05) is 42.5 Å². The fourth-order valence-corrected chi connectivity index (χ4v) is 4.06. The van der Waals surface area contributed by atoms with Gasteiger partial charge in [-0.15, -0.1) is 10.2 Å². The Morgan fingerprint density at radius 1 is 0.879 bits per heavy atom. The molecule has 0 saturated carbocycles. The van der Waals surface area contributed by atoms with Crippen LogP contribution in [0.5, 0.6) is 0 Å². The average molecular weight is 446 g/mol. The highest BCUT2D eigenvalue weighted by atomic mass is 16.5. The van der Waals surface area contributed by atoms with E-state index in [1.54, 1.807) is 19.1 Å². The highest BCUT2D eigenvalue weighted by Crippen LogP contribution is 2.32. The second-order valence-corrected chi connectivity index (χ2v) is 8.10. The fraction of sp³-hybridized carbons (Fsp3) is 0.240. The fourth-order valence-electron chi connectivity index (χ4n) is 4.06. The number of ether oxygens (including phenoxy) is 1. The molecule has 1 saturated heterocycles. The van der Waals surface area contributed by atoms with Gasteiger partial charge in [0.2, 0.25) is 11.8 Å². The highest BCUT2D eigenvalue weighted by molar-refractivity contribution is 5.91. The van der Waals surface area contributed by atoms with Crippen LogP contribution in [0.3, 0.4) is 0 Å². The van der Waals surface area contributed by atoms with Gasteiger partial charge in [-0.3, -0.25) is 4.79 Å². The summed E-state index contributed by atoms with van der Waals surface area (Å²) >= 11 is 0.